The number of rotatable bonds is 9. The van der Waals surface area contributed by atoms with Gasteiger partial charge in [0, 0.05) is 28.3 Å². The zero-order valence-electron chi connectivity index (χ0n) is 18.8. The van der Waals surface area contributed by atoms with Crippen molar-refractivity contribution in [3.05, 3.63) is 100 Å². The molecule has 0 spiro atoms. The molecule has 0 amide bonds. The van der Waals surface area contributed by atoms with E-state index in [4.69, 9.17) is 9.84 Å². The summed E-state index contributed by atoms with van der Waals surface area (Å²) in [6.45, 7) is -0.429. The number of hydrogen-bond acceptors (Lipinski definition) is 6. The van der Waals surface area contributed by atoms with Crippen molar-refractivity contribution in [3.8, 4) is 17.0 Å². The number of nitrogens with zero attached hydrogens (tertiary/aromatic N) is 1. The van der Waals surface area contributed by atoms with Gasteiger partial charge in [-0.2, -0.15) is 0 Å². The van der Waals surface area contributed by atoms with E-state index in [1.54, 1.807) is 12.1 Å². The first-order valence-corrected chi connectivity index (χ1v) is 13.7. The summed E-state index contributed by atoms with van der Waals surface area (Å²) < 4.78 is 32.2. The Morgan fingerprint density at radius 3 is 2.26 bits per heavy atom. The van der Waals surface area contributed by atoms with Crippen LogP contribution in [-0.4, -0.2) is 36.8 Å². The Balaban J connectivity index is 1.38. The van der Waals surface area contributed by atoms with Gasteiger partial charge in [0.1, 0.15) is 5.75 Å². The molecule has 0 saturated carbocycles. The average molecular weight is 506 g/mol. The fourth-order valence-electron chi connectivity index (χ4n) is 4.46. The molecule has 0 saturated heterocycles. The third-order valence-electron chi connectivity index (χ3n) is 6.10. The number of sulfone groups is 1. The number of benzene rings is 3. The molecule has 0 fully saturated rings. The number of carboxylic acid groups (broad SMARTS) is 1. The normalized spacial score (nSPS) is 12.4. The molecule has 5 rings (SSSR count). The monoisotopic (exact) mass is 505 g/mol. The molecule has 8 heteroatoms. The van der Waals surface area contributed by atoms with Gasteiger partial charge >= 0.3 is 5.97 Å². The van der Waals surface area contributed by atoms with Crippen LogP contribution in [-0.2, 0) is 21.1 Å². The summed E-state index contributed by atoms with van der Waals surface area (Å²) in [7, 11) is -3.58. The fraction of sp³-hybridized carbons (Fsp3) is 0.185. The van der Waals surface area contributed by atoms with Crippen LogP contribution < -0.4 is 4.74 Å². The Bertz CT molecular complexity index is 1420. The minimum Gasteiger partial charge on any atom is -0.482 e. The second-order valence-corrected chi connectivity index (χ2v) is 11.7. The average Bonchev–Trinajstić information content (AvgIpc) is 3.44. The molecule has 6 nitrogen and oxygen atoms in total. The van der Waals surface area contributed by atoms with E-state index < -0.39 is 22.4 Å². The molecule has 1 aliphatic carbocycles. The number of ether oxygens (including phenoxy) is 1. The van der Waals surface area contributed by atoms with Gasteiger partial charge in [-0.25, -0.2) is 18.2 Å². The number of carboxylic acids is 1. The first-order chi connectivity index (χ1) is 16.9. The van der Waals surface area contributed by atoms with Crippen molar-refractivity contribution in [1.29, 1.82) is 0 Å². The Labute approximate surface area is 207 Å². The van der Waals surface area contributed by atoms with Crippen molar-refractivity contribution in [2.24, 2.45) is 0 Å². The molecule has 4 aromatic rings. The van der Waals surface area contributed by atoms with Crippen molar-refractivity contribution >= 4 is 27.1 Å². The fourth-order valence-corrected chi connectivity index (χ4v) is 7.28. The van der Waals surface area contributed by atoms with Gasteiger partial charge in [0.25, 0.3) is 0 Å². The summed E-state index contributed by atoms with van der Waals surface area (Å²) in [5.41, 5.74) is 4.45. The molecule has 0 bridgehead atoms. The number of aliphatic carboxylic acids is 1. The van der Waals surface area contributed by atoms with Crippen LogP contribution in [0.5, 0.6) is 5.75 Å². The predicted octanol–water partition coefficient (Wildman–Crippen LogP) is 5.17. The zero-order chi connectivity index (χ0) is 24.4. The summed E-state index contributed by atoms with van der Waals surface area (Å²) in [6, 6.07) is 25.3. The summed E-state index contributed by atoms with van der Waals surface area (Å²) in [5.74, 6) is -0.601. The van der Waals surface area contributed by atoms with Crippen molar-refractivity contribution in [1.82, 2.24) is 4.98 Å². The number of aromatic nitrogens is 1. The largest absolute Gasteiger partial charge is 0.482 e. The van der Waals surface area contributed by atoms with Crippen LogP contribution >= 0.6 is 11.3 Å². The molecule has 0 radical (unpaired) electrons. The van der Waals surface area contributed by atoms with E-state index in [9.17, 15) is 13.2 Å². The maximum atomic E-state index is 13.3. The second kappa shape index (κ2) is 9.64. The van der Waals surface area contributed by atoms with Crippen LogP contribution in [0, 0.1) is 0 Å². The molecular weight excluding hydrogens is 482 g/mol. The van der Waals surface area contributed by atoms with Crippen molar-refractivity contribution in [2.75, 3.05) is 12.4 Å². The highest BCUT2D eigenvalue weighted by molar-refractivity contribution is 7.93. The van der Waals surface area contributed by atoms with Gasteiger partial charge in [-0.3, -0.25) is 0 Å². The van der Waals surface area contributed by atoms with E-state index >= 15 is 0 Å². The van der Waals surface area contributed by atoms with Crippen LogP contribution in [0.3, 0.4) is 0 Å². The molecule has 1 aromatic heterocycles. The minimum atomic E-state index is -3.58. The number of carbonyl (C=O) groups is 1. The predicted molar refractivity (Wildman–Crippen MR) is 135 cm³/mol. The van der Waals surface area contributed by atoms with Gasteiger partial charge in [0.05, 0.1) is 11.4 Å². The SMILES string of the molecule is O=C(O)COc1cccc2c1Cc1sc(S(=O)(=O)CCC(c3ccccc3)c3ccccc3)nc1-2. The van der Waals surface area contributed by atoms with Gasteiger partial charge in [-0.1, -0.05) is 72.8 Å². The standard InChI is InChI=1S/C27H23NO5S2/c29-25(30)17-33-23-13-7-12-21-22(23)16-24-26(21)28-27(34-24)35(31,32)15-14-20(18-8-3-1-4-9-18)19-10-5-2-6-11-19/h1-13,20H,14-17H2,(H,29,30). The molecule has 35 heavy (non-hydrogen) atoms. The van der Waals surface area contributed by atoms with Gasteiger partial charge in [-0.05, 0) is 23.6 Å². The molecule has 1 heterocycles. The Morgan fingerprint density at radius 2 is 1.63 bits per heavy atom. The lowest BCUT2D eigenvalue weighted by atomic mass is 9.89. The van der Waals surface area contributed by atoms with E-state index in [1.807, 2.05) is 66.7 Å². The summed E-state index contributed by atoms with van der Waals surface area (Å²) in [5, 5.41) is 8.92. The number of thiazole rings is 1. The molecule has 1 N–H and O–H groups in total. The maximum absolute atomic E-state index is 13.3. The topological polar surface area (TPSA) is 93.6 Å². The third-order valence-corrected chi connectivity index (χ3v) is 9.36. The molecular formula is C27H23NO5S2. The van der Waals surface area contributed by atoms with E-state index in [0.717, 1.165) is 27.1 Å². The molecule has 0 atom stereocenters. The van der Waals surface area contributed by atoms with Gasteiger partial charge < -0.3 is 9.84 Å². The maximum Gasteiger partial charge on any atom is 0.341 e. The Kier molecular flexibility index (Phi) is 6.40. The summed E-state index contributed by atoms with van der Waals surface area (Å²) >= 11 is 1.19. The zero-order valence-corrected chi connectivity index (χ0v) is 20.4. The van der Waals surface area contributed by atoms with E-state index in [2.05, 4.69) is 4.98 Å². The van der Waals surface area contributed by atoms with Crippen LogP contribution in [0.4, 0.5) is 0 Å². The first kappa shape index (κ1) is 23.3. The van der Waals surface area contributed by atoms with Crippen LogP contribution in [0.1, 0.15) is 33.9 Å². The lowest BCUT2D eigenvalue weighted by Crippen LogP contribution is -2.12. The highest BCUT2D eigenvalue weighted by atomic mass is 32.2. The van der Waals surface area contributed by atoms with Crippen molar-refractivity contribution < 1.29 is 23.1 Å². The van der Waals surface area contributed by atoms with Crippen LogP contribution in [0.25, 0.3) is 11.3 Å². The lowest BCUT2D eigenvalue weighted by Gasteiger charge is -2.18. The second-order valence-electron chi connectivity index (χ2n) is 8.37. The minimum absolute atomic E-state index is 0.0114. The Hall–Kier alpha value is -3.49. The van der Waals surface area contributed by atoms with Gasteiger partial charge in [0.15, 0.2) is 6.61 Å². The number of fused-ring (bicyclic) bond motifs is 3. The Morgan fingerprint density at radius 1 is 0.971 bits per heavy atom. The van der Waals surface area contributed by atoms with E-state index in [0.29, 0.717) is 24.3 Å². The van der Waals surface area contributed by atoms with Crippen molar-refractivity contribution in [3.63, 3.8) is 0 Å². The first-order valence-electron chi connectivity index (χ1n) is 11.2. The number of hydrogen-bond donors (Lipinski definition) is 1. The quantitative estimate of drug-likeness (QED) is 0.297. The highest BCUT2D eigenvalue weighted by Gasteiger charge is 2.30. The van der Waals surface area contributed by atoms with E-state index in [-0.39, 0.29) is 16.0 Å². The molecule has 178 valence electrons. The lowest BCUT2D eigenvalue weighted by molar-refractivity contribution is -0.139. The molecule has 0 aliphatic heterocycles. The molecule has 3 aromatic carbocycles. The van der Waals surface area contributed by atoms with Crippen LogP contribution in [0.2, 0.25) is 0 Å². The molecule has 1 aliphatic rings. The van der Waals surface area contributed by atoms with Gasteiger partial charge in [-0.15, -0.1) is 11.3 Å². The smallest absolute Gasteiger partial charge is 0.341 e. The van der Waals surface area contributed by atoms with Gasteiger partial charge in [0.2, 0.25) is 14.2 Å². The van der Waals surface area contributed by atoms with Crippen molar-refractivity contribution in [2.45, 2.75) is 23.1 Å². The van der Waals surface area contributed by atoms with E-state index in [1.165, 1.54) is 11.3 Å². The highest BCUT2D eigenvalue weighted by Crippen LogP contribution is 2.44. The van der Waals surface area contributed by atoms with Crippen LogP contribution in [0.15, 0.2) is 83.2 Å². The third kappa shape index (κ3) is 4.85. The molecule has 0 unspecified atom stereocenters. The summed E-state index contributed by atoms with van der Waals surface area (Å²) in [4.78, 5) is 16.3. The summed E-state index contributed by atoms with van der Waals surface area (Å²) in [6.07, 6.45) is 0.925.